The molecular weight excluding hydrogens is 306 g/mol. The molecule has 128 valence electrons. The molecule has 0 saturated carbocycles. The highest BCUT2D eigenvalue weighted by molar-refractivity contribution is 6.05. The van der Waals surface area contributed by atoms with Gasteiger partial charge in [-0.15, -0.1) is 0 Å². The molecule has 0 spiro atoms. The number of furan rings is 1. The van der Waals surface area contributed by atoms with E-state index >= 15 is 0 Å². The van der Waals surface area contributed by atoms with Gasteiger partial charge in [-0.25, -0.2) is 0 Å². The average Bonchev–Trinajstić information content (AvgIpc) is 3.00. The summed E-state index contributed by atoms with van der Waals surface area (Å²) >= 11 is 0. The van der Waals surface area contributed by atoms with Crippen LogP contribution in [0.4, 0.5) is 0 Å². The maximum Gasteiger partial charge on any atom is 0.252 e. The first kappa shape index (κ1) is 16.5. The zero-order valence-corrected chi connectivity index (χ0v) is 13.8. The molecular formula is C18H23N3O3. The van der Waals surface area contributed by atoms with Crippen LogP contribution in [0.5, 0.6) is 0 Å². The van der Waals surface area contributed by atoms with E-state index in [-0.39, 0.29) is 6.41 Å². The Kier molecular flexibility index (Phi) is 4.57. The van der Waals surface area contributed by atoms with Crippen molar-refractivity contribution in [2.24, 2.45) is 17.4 Å². The average molecular weight is 329 g/mol. The Morgan fingerprint density at radius 1 is 1.33 bits per heavy atom. The molecule has 2 bridgehead atoms. The van der Waals surface area contributed by atoms with E-state index in [9.17, 15) is 4.79 Å². The van der Waals surface area contributed by atoms with Gasteiger partial charge in [0.2, 0.25) is 6.41 Å². The first-order chi connectivity index (χ1) is 11.6. The first-order valence-corrected chi connectivity index (χ1v) is 8.27. The van der Waals surface area contributed by atoms with Crippen LogP contribution in [0.2, 0.25) is 0 Å². The van der Waals surface area contributed by atoms with E-state index in [0.29, 0.717) is 17.5 Å². The minimum Gasteiger partial charge on any atom is -0.463 e. The fourth-order valence-corrected chi connectivity index (χ4v) is 4.30. The minimum absolute atomic E-state index is 0.250. The molecule has 2 aromatic rings. The van der Waals surface area contributed by atoms with Crippen LogP contribution in [0.3, 0.4) is 0 Å². The molecule has 4 heterocycles. The van der Waals surface area contributed by atoms with Crippen LogP contribution in [0, 0.1) is 5.92 Å². The molecule has 1 aromatic heterocycles. The number of nitrogens with two attached hydrogens (primary N) is 2. The van der Waals surface area contributed by atoms with Crippen molar-refractivity contribution >= 4 is 23.3 Å². The highest BCUT2D eigenvalue weighted by atomic mass is 16.3. The standard InChI is InChI=1S/C17H20N2O2.CH3NO/c1-10-16(11-4-6-19(10)7-5-11)12-2-3-13-14(17(18)20)9-21-15(13)8-12;2-1-3/h2-3,8-11,16H,4-7H2,1H3,(H2,18,20);1H,(H2,2,3)/t10-,16+;/m0./s1. The van der Waals surface area contributed by atoms with Crippen molar-refractivity contribution in [1.29, 1.82) is 0 Å². The monoisotopic (exact) mass is 329 g/mol. The van der Waals surface area contributed by atoms with Crippen molar-refractivity contribution in [1.82, 2.24) is 4.90 Å². The molecule has 2 atom stereocenters. The second-order valence-electron chi connectivity index (χ2n) is 6.55. The number of rotatable bonds is 2. The topological polar surface area (TPSA) is 103 Å². The van der Waals surface area contributed by atoms with E-state index in [0.717, 1.165) is 16.9 Å². The van der Waals surface area contributed by atoms with Crippen LogP contribution >= 0.6 is 0 Å². The van der Waals surface area contributed by atoms with E-state index in [4.69, 9.17) is 14.9 Å². The van der Waals surface area contributed by atoms with Crippen molar-refractivity contribution in [2.75, 3.05) is 13.1 Å². The van der Waals surface area contributed by atoms with Crippen LogP contribution in [-0.4, -0.2) is 36.3 Å². The molecule has 0 aliphatic carbocycles. The molecule has 5 rings (SSSR count). The molecule has 6 nitrogen and oxygen atoms in total. The third kappa shape index (κ3) is 2.78. The van der Waals surface area contributed by atoms with E-state index in [2.05, 4.69) is 29.7 Å². The maximum absolute atomic E-state index is 11.4. The highest BCUT2D eigenvalue weighted by Gasteiger charge is 2.40. The normalized spacial score (nSPS) is 28.2. The van der Waals surface area contributed by atoms with Gasteiger partial charge in [-0.05, 0) is 50.4 Å². The summed E-state index contributed by atoms with van der Waals surface area (Å²) in [6.45, 7) is 4.80. The van der Waals surface area contributed by atoms with Gasteiger partial charge in [0.25, 0.3) is 5.91 Å². The molecule has 3 aliphatic heterocycles. The molecule has 3 fully saturated rings. The summed E-state index contributed by atoms with van der Waals surface area (Å²) in [6, 6.07) is 6.82. The number of primary amides is 2. The molecule has 1 aromatic carbocycles. The zero-order chi connectivity index (χ0) is 17.3. The van der Waals surface area contributed by atoms with E-state index in [1.807, 2.05) is 6.07 Å². The van der Waals surface area contributed by atoms with Crippen LogP contribution in [0.25, 0.3) is 11.0 Å². The van der Waals surface area contributed by atoms with Gasteiger partial charge in [0.1, 0.15) is 11.8 Å². The summed E-state index contributed by atoms with van der Waals surface area (Å²) in [7, 11) is 0. The number of benzene rings is 1. The quantitative estimate of drug-likeness (QED) is 0.820. The van der Waals surface area contributed by atoms with Crippen molar-refractivity contribution in [3.8, 4) is 0 Å². The number of carbonyl (C=O) groups is 2. The predicted molar refractivity (Wildman–Crippen MR) is 91.5 cm³/mol. The zero-order valence-electron chi connectivity index (χ0n) is 13.8. The minimum atomic E-state index is -0.433. The Morgan fingerprint density at radius 3 is 2.58 bits per heavy atom. The Hall–Kier alpha value is -2.34. The van der Waals surface area contributed by atoms with Gasteiger partial charge >= 0.3 is 0 Å². The van der Waals surface area contributed by atoms with E-state index < -0.39 is 5.91 Å². The molecule has 4 N–H and O–H groups in total. The molecule has 2 amide bonds. The third-order valence-electron chi connectivity index (χ3n) is 5.43. The van der Waals surface area contributed by atoms with Crippen molar-refractivity contribution in [3.63, 3.8) is 0 Å². The lowest BCUT2D eigenvalue weighted by molar-refractivity contribution is -0.106. The number of nitrogens with zero attached hydrogens (tertiary/aromatic N) is 1. The smallest absolute Gasteiger partial charge is 0.252 e. The third-order valence-corrected chi connectivity index (χ3v) is 5.43. The molecule has 3 aliphatic rings. The van der Waals surface area contributed by atoms with Crippen LogP contribution in [0.1, 0.15) is 41.6 Å². The van der Waals surface area contributed by atoms with Crippen molar-refractivity contribution < 1.29 is 14.0 Å². The van der Waals surface area contributed by atoms with Gasteiger partial charge in [-0.3, -0.25) is 9.59 Å². The van der Waals surface area contributed by atoms with E-state index in [1.54, 1.807) is 0 Å². The highest BCUT2D eigenvalue weighted by Crippen LogP contribution is 2.43. The number of amides is 2. The number of piperidine rings is 3. The maximum atomic E-state index is 11.4. The Balaban J connectivity index is 0.000000526. The van der Waals surface area contributed by atoms with Gasteiger partial charge in [0, 0.05) is 17.3 Å². The number of carbonyl (C=O) groups excluding carboxylic acids is 2. The van der Waals surface area contributed by atoms with Gasteiger partial charge in [-0.2, -0.15) is 0 Å². The van der Waals surface area contributed by atoms with E-state index in [1.165, 1.54) is 37.8 Å². The van der Waals surface area contributed by atoms with Gasteiger partial charge in [0.05, 0.1) is 5.56 Å². The number of hydrogen-bond acceptors (Lipinski definition) is 4. The number of hydrogen-bond donors (Lipinski definition) is 2. The lowest BCUT2D eigenvalue weighted by Gasteiger charge is -2.50. The predicted octanol–water partition coefficient (Wildman–Crippen LogP) is 1.83. The summed E-state index contributed by atoms with van der Waals surface area (Å²) in [6.07, 6.45) is 4.30. The molecule has 6 heteroatoms. The SMILES string of the molecule is C[C@H]1[C@@H](c2ccc3c(C(N)=O)coc3c2)C2CCN1CC2.NC=O. The molecule has 0 radical (unpaired) electrons. The molecule has 0 unspecified atom stereocenters. The van der Waals surface area contributed by atoms with Crippen LogP contribution in [0.15, 0.2) is 28.9 Å². The summed E-state index contributed by atoms with van der Waals surface area (Å²) in [5.74, 6) is 0.907. The van der Waals surface area contributed by atoms with Crippen molar-refractivity contribution in [2.45, 2.75) is 31.7 Å². The Bertz CT molecular complexity index is 745. The summed E-state index contributed by atoms with van der Waals surface area (Å²) in [5.41, 5.74) is 12.1. The van der Waals surface area contributed by atoms with Gasteiger partial charge in [0.15, 0.2) is 0 Å². The lowest BCUT2D eigenvalue weighted by atomic mass is 9.71. The van der Waals surface area contributed by atoms with Gasteiger partial charge in [-0.1, -0.05) is 12.1 Å². The van der Waals surface area contributed by atoms with Gasteiger partial charge < -0.3 is 20.8 Å². The molecule has 24 heavy (non-hydrogen) atoms. The number of fused-ring (bicyclic) bond motifs is 4. The molecule has 3 saturated heterocycles. The fourth-order valence-electron chi connectivity index (χ4n) is 4.30. The van der Waals surface area contributed by atoms with Crippen LogP contribution in [-0.2, 0) is 4.79 Å². The van der Waals surface area contributed by atoms with Crippen molar-refractivity contribution in [3.05, 3.63) is 35.6 Å². The largest absolute Gasteiger partial charge is 0.463 e. The summed E-state index contributed by atoms with van der Waals surface area (Å²) in [5, 5.41) is 0.820. The second kappa shape index (κ2) is 6.65. The second-order valence-corrected chi connectivity index (χ2v) is 6.55. The summed E-state index contributed by atoms with van der Waals surface area (Å²) < 4.78 is 5.54. The Labute approximate surface area is 140 Å². The summed E-state index contributed by atoms with van der Waals surface area (Å²) in [4.78, 5) is 22.5. The lowest BCUT2D eigenvalue weighted by Crippen LogP contribution is -2.52. The first-order valence-electron chi connectivity index (χ1n) is 8.27. The van der Waals surface area contributed by atoms with Crippen LogP contribution < -0.4 is 11.5 Å². The Morgan fingerprint density at radius 2 is 2.00 bits per heavy atom. The fraction of sp³-hybridized carbons (Fsp3) is 0.444.